The summed E-state index contributed by atoms with van der Waals surface area (Å²) in [6.07, 6.45) is -2.58. The summed E-state index contributed by atoms with van der Waals surface area (Å²) in [5.41, 5.74) is 0.970. The van der Waals surface area contributed by atoms with E-state index in [9.17, 15) is 22.4 Å². The molecule has 9 heteroatoms. The summed E-state index contributed by atoms with van der Waals surface area (Å²) < 4.78 is 50.2. The van der Waals surface area contributed by atoms with E-state index in [1.807, 2.05) is 0 Å². The minimum absolute atomic E-state index is 0.0496. The molecule has 2 amide bonds. The van der Waals surface area contributed by atoms with Gasteiger partial charge in [0.2, 0.25) is 0 Å². The molecule has 0 aliphatic carbocycles. The van der Waals surface area contributed by atoms with Crippen LogP contribution in [0.1, 0.15) is 12.8 Å². The van der Waals surface area contributed by atoms with E-state index >= 15 is 0 Å². The summed E-state index contributed by atoms with van der Waals surface area (Å²) in [4.78, 5) is 15.5. The zero-order valence-electron chi connectivity index (χ0n) is 15.6. The first-order valence-electron chi connectivity index (χ1n) is 9.60. The quantitative estimate of drug-likeness (QED) is 0.720. The first-order valence-corrected chi connectivity index (χ1v) is 9.60. The summed E-state index contributed by atoms with van der Waals surface area (Å²) in [7, 11) is 0. The Labute approximate surface area is 162 Å². The molecule has 1 aromatic carbocycles. The van der Waals surface area contributed by atoms with E-state index in [2.05, 4.69) is 15.5 Å². The molecular formula is C19H26F4N4O. The molecular weight excluding hydrogens is 376 g/mol. The summed E-state index contributed by atoms with van der Waals surface area (Å²) in [6, 6.07) is 6.10. The molecule has 2 fully saturated rings. The van der Waals surface area contributed by atoms with Gasteiger partial charge in [0.1, 0.15) is 5.82 Å². The van der Waals surface area contributed by atoms with Gasteiger partial charge in [-0.25, -0.2) is 9.18 Å². The number of likely N-dealkylation sites (tertiary alicyclic amines) is 1. The highest BCUT2D eigenvalue weighted by Gasteiger charge is 2.34. The van der Waals surface area contributed by atoms with Crippen LogP contribution in [0, 0.1) is 17.7 Å². The van der Waals surface area contributed by atoms with Crippen molar-refractivity contribution in [3.63, 3.8) is 0 Å². The third-order valence-electron chi connectivity index (χ3n) is 5.35. The van der Waals surface area contributed by atoms with Gasteiger partial charge in [-0.3, -0.25) is 4.90 Å². The summed E-state index contributed by atoms with van der Waals surface area (Å²) in [6.45, 7) is 2.45. The van der Waals surface area contributed by atoms with Crippen LogP contribution in [0.15, 0.2) is 24.3 Å². The molecule has 0 bridgehead atoms. The molecule has 2 N–H and O–H groups in total. The first kappa shape index (κ1) is 20.7. The Kier molecular flexibility index (Phi) is 6.64. The van der Waals surface area contributed by atoms with Crippen molar-refractivity contribution in [2.45, 2.75) is 19.0 Å². The lowest BCUT2D eigenvalue weighted by molar-refractivity contribution is -0.143. The monoisotopic (exact) mass is 402 g/mol. The molecule has 0 spiro atoms. The van der Waals surface area contributed by atoms with E-state index in [1.165, 1.54) is 17.0 Å². The number of amides is 2. The predicted molar refractivity (Wildman–Crippen MR) is 98.7 cm³/mol. The maximum absolute atomic E-state index is 13.0. The van der Waals surface area contributed by atoms with E-state index in [0.29, 0.717) is 38.5 Å². The molecule has 2 atom stereocenters. The lowest BCUT2D eigenvalue weighted by Gasteiger charge is -2.19. The van der Waals surface area contributed by atoms with Crippen molar-refractivity contribution in [1.29, 1.82) is 0 Å². The molecule has 0 unspecified atom stereocenters. The number of hydrogen-bond acceptors (Lipinski definition) is 3. The van der Waals surface area contributed by atoms with Crippen LogP contribution < -0.4 is 15.5 Å². The highest BCUT2D eigenvalue weighted by atomic mass is 19.4. The van der Waals surface area contributed by atoms with E-state index in [1.54, 1.807) is 12.1 Å². The van der Waals surface area contributed by atoms with Gasteiger partial charge in [-0.2, -0.15) is 13.2 Å². The molecule has 0 saturated carbocycles. The minimum Gasteiger partial charge on any atom is -0.371 e. The number of benzene rings is 1. The zero-order chi connectivity index (χ0) is 20.1. The minimum atomic E-state index is -4.18. The number of halogens is 4. The predicted octanol–water partition coefficient (Wildman–Crippen LogP) is 2.84. The maximum Gasteiger partial charge on any atom is 0.401 e. The van der Waals surface area contributed by atoms with Crippen LogP contribution in [-0.2, 0) is 0 Å². The van der Waals surface area contributed by atoms with Crippen molar-refractivity contribution < 1.29 is 22.4 Å². The molecule has 5 nitrogen and oxygen atoms in total. The van der Waals surface area contributed by atoms with E-state index in [4.69, 9.17) is 0 Å². The molecule has 2 aliphatic heterocycles. The Morgan fingerprint density at radius 2 is 1.61 bits per heavy atom. The summed E-state index contributed by atoms with van der Waals surface area (Å²) in [5, 5.41) is 5.62. The van der Waals surface area contributed by atoms with Crippen LogP contribution in [0.3, 0.4) is 0 Å². The molecule has 28 heavy (non-hydrogen) atoms. The molecule has 2 aliphatic rings. The Morgan fingerprint density at radius 3 is 2.25 bits per heavy atom. The highest BCUT2D eigenvalue weighted by Crippen LogP contribution is 2.24. The molecule has 1 aromatic rings. The summed E-state index contributed by atoms with van der Waals surface area (Å²) in [5.74, 6) is 0.0970. The number of hydrogen-bond donors (Lipinski definition) is 2. The van der Waals surface area contributed by atoms with Crippen molar-refractivity contribution in [2.75, 3.05) is 50.7 Å². The second kappa shape index (κ2) is 8.98. The zero-order valence-corrected chi connectivity index (χ0v) is 15.6. The van der Waals surface area contributed by atoms with Gasteiger partial charge in [0, 0.05) is 38.4 Å². The van der Waals surface area contributed by atoms with Crippen molar-refractivity contribution in [1.82, 2.24) is 15.5 Å². The topological polar surface area (TPSA) is 47.6 Å². The van der Waals surface area contributed by atoms with E-state index in [-0.39, 0.29) is 17.8 Å². The lowest BCUT2D eigenvalue weighted by Crippen LogP contribution is -2.41. The number of carbonyl (C=O) groups excluding carboxylic acids is 1. The fourth-order valence-corrected chi connectivity index (χ4v) is 3.90. The van der Waals surface area contributed by atoms with Gasteiger partial charge in [0.25, 0.3) is 0 Å². The van der Waals surface area contributed by atoms with Gasteiger partial charge in [-0.1, -0.05) is 0 Å². The van der Waals surface area contributed by atoms with Crippen LogP contribution in [0.2, 0.25) is 0 Å². The van der Waals surface area contributed by atoms with Crippen molar-refractivity contribution in [2.24, 2.45) is 11.8 Å². The summed E-state index contributed by atoms with van der Waals surface area (Å²) >= 11 is 0. The number of urea groups is 1. The maximum atomic E-state index is 13.0. The number of nitrogens with one attached hydrogen (secondary N) is 2. The normalized spacial score (nSPS) is 23.2. The number of anilines is 1. The van der Waals surface area contributed by atoms with Gasteiger partial charge in [0.15, 0.2) is 0 Å². The Hall–Kier alpha value is -2.03. The van der Waals surface area contributed by atoms with Gasteiger partial charge in [-0.15, -0.1) is 0 Å². The molecule has 0 radical (unpaired) electrons. The third-order valence-corrected chi connectivity index (χ3v) is 5.35. The van der Waals surface area contributed by atoms with Crippen LogP contribution in [0.25, 0.3) is 0 Å². The van der Waals surface area contributed by atoms with E-state index in [0.717, 1.165) is 25.2 Å². The Morgan fingerprint density at radius 1 is 1.00 bits per heavy atom. The van der Waals surface area contributed by atoms with Gasteiger partial charge >= 0.3 is 12.2 Å². The van der Waals surface area contributed by atoms with Crippen LogP contribution in [0.5, 0.6) is 0 Å². The van der Waals surface area contributed by atoms with Gasteiger partial charge in [0.05, 0.1) is 6.54 Å². The van der Waals surface area contributed by atoms with Crippen molar-refractivity contribution in [3.8, 4) is 0 Å². The highest BCUT2D eigenvalue weighted by molar-refractivity contribution is 5.73. The van der Waals surface area contributed by atoms with E-state index < -0.39 is 12.7 Å². The number of nitrogens with zero attached hydrogens (tertiary/aromatic N) is 2. The van der Waals surface area contributed by atoms with Crippen molar-refractivity contribution in [3.05, 3.63) is 30.1 Å². The molecule has 3 rings (SSSR count). The first-order chi connectivity index (χ1) is 13.3. The smallest absolute Gasteiger partial charge is 0.371 e. The SMILES string of the molecule is O=C(NC[C@H]1CCN(c2ccc(F)cc2)C1)NC[C@@H]1CCN(CC(F)(F)F)C1. The number of rotatable bonds is 6. The molecule has 2 saturated heterocycles. The fraction of sp³-hybridized carbons (Fsp3) is 0.632. The Balaban J connectivity index is 1.31. The second-order valence-corrected chi connectivity index (χ2v) is 7.67. The van der Waals surface area contributed by atoms with Crippen molar-refractivity contribution >= 4 is 11.7 Å². The third kappa shape index (κ3) is 6.25. The largest absolute Gasteiger partial charge is 0.401 e. The standard InChI is InChI=1S/C19H26F4N4O/c20-16-1-3-17(4-2-16)27-8-6-15(12-27)10-25-18(28)24-9-14-5-7-26(11-14)13-19(21,22)23/h1-4,14-15H,5-13H2,(H2,24,25,28)/t14-,15+/m0/s1. The molecule has 0 aromatic heterocycles. The van der Waals surface area contributed by atoms with Crippen LogP contribution in [-0.4, -0.2) is 62.9 Å². The number of alkyl halides is 3. The fourth-order valence-electron chi connectivity index (χ4n) is 3.90. The number of carbonyl (C=O) groups is 1. The van der Waals surface area contributed by atoms with Gasteiger partial charge in [-0.05, 0) is 55.5 Å². The molecule has 156 valence electrons. The average Bonchev–Trinajstić information content (AvgIpc) is 3.27. The molecule has 2 heterocycles. The van der Waals surface area contributed by atoms with Crippen LogP contribution >= 0.6 is 0 Å². The second-order valence-electron chi connectivity index (χ2n) is 7.67. The van der Waals surface area contributed by atoms with Crippen LogP contribution in [0.4, 0.5) is 28.0 Å². The Bertz CT molecular complexity index is 652. The average molecular weight is 402 g/mol. The van der Waals surface area contributed by atoms with Gasteiger partial charge < -0.3 is 15.5 Å². The lowest BCUT2D eigenvalue weighted by atomic mass is 10.1.